The van der Waals surface area contributed by atoms with E-state index in [1.54, 1.807) is 0 Å². The number of hydrogen-bond acceptors (Lipinski definition) is 3. The van der Waals surface area contributed by atoms with E-state index in [1.165, 1.54) is 30.4 Å². The van der Waals surface area contributed by atoms with Crippen molar-refractivity contribution in [2.24, 2.45) is 38.9 Å². The van der Waals surface area contributed by atoms with Crippen molar-refractivity contribution in [3.63, 3.8) is 0 Å². The van der Waals surface area contributed by atoms with Crippen molar-refractivity contribution in [1.29, 1.82) is 0 Å². The van der Waals surface area contributed by atoms with Gasteiger partial charge in [-0.3, -0.25) is 4.79 Å². The van der Waals surface area contributed by atoms with E-state index in [1.807, 2.05) is 7.11 Å². The van der Waals surface area contributed by atoms with Gasteiger partial charge in [0.2, 0.25) is 0 Å². The Hall–Kier alpha value is -0.670. The number of rotatable bonds is 1. The summed E-state index contributed by atoms with van der Waals surface area (Å²) in [4.78, 5) is 14.1. The van der Waals surface area contributed by atoms with E-state index in [0.29, 0.717) is 23.5 Å². The fraction of sp³-hybridized carbons (Fsp3) is 0.900. The molecule has 0 saturated heterocycles. The van der Waals surface area contributed by atoms with Gasteiger partial charge in [-0.05, 0) is 98.2 Å². The Morgan fingerprint density at radius 2 is 1.55 bits per heavy atom. The molecule has 0 heterocycles. The molecule has 186 valence electrons. The maximum absolute atomic E-state index is 14.1. The van der Waals surface area contributed by atoms with E-state index in [0.717, 1.165) is 38.5 Å². The largest absolute Gasteiger partial charge is 0.393 e. The van der Waals surface area contributed by atoms with Gasteiger partial charge in [-0.2, -0.15) is 0 Å². The van der Waals surface area contributed by atoms with Crippen LogP contribution in [-0.4, -0.2) is 29.7 Å². The van der Waals surface area contributed by atoms with Crippen LogP contribution < -0.4 is 0 Å². The minimum Gasteiger partial charge on any atom is -0.393 e. The molecule has 0 amide bonds. The van der Waals surface area contributed by atoms with Gasteiger partial charge >= 0.3 is 0 Å². The molecule has 1 N–H and O–H groups in total. The smallest absolute Gasteiger partial charge is 0.159 e. The molecule has 5 aliphatic rings. The van der Waals surface area contributed by atoms with E-state index >= 15 is 0 Å². The van der Waals surface area contributed by atoms with E-state index in [4.69, 9.17) is 4.74 Å². The Balaban J connectivity index is 1.63. The average molecular weight is 457 g/mol. The average Bonchev–Trinajstić information content (AvgIpc) is 2.75. The van der Waals surface area contributed by atoms with Gasteiger partial charge < -0.3 is 9.84 Å². The predicted octanol–water partition coefficient (Wildman–Crippen LogP) is 6.87. The number of aliphatic hydroxyl groups excluding tert-OH is 1. The van der Waals surface area contributed by atoms with Crippen molar-refractivity contribution in [3.05, 3.63) is 11.1 Å². The van der Waals surface area contributed by atoms with Gasteiger partial charge in [0.25, 0.3) is 0 Å². The lowest BCUT2D eigenvalue weighted by Crippen LogP contribution is -2.63. The molecule has 0 aromatic carbocycles. The molecule has 3 heteroatoms. The Morgan fingerprint density at radius 3 is 2.21 bits per heavy atom. The zero-order valence-corrected chi connectivity index (χ0v) is 22.6. The second-order valence-corrected chi connectivity index (χ2v) is 14.6. The number of ether oxygens (including phenoxy) is 1. The van der Waals surface area contributed by atoms with E-state index in [-0.39, 0.29) is 39.3 Å². The highest BCUT2D eigenvalue weighted by Crippen LogP contribution is 2.74. The zero-order chi connectivity index (χ0) is 24.2. The second kappa shape index (κ2) is 6.96. The molecule has 0 bridgehead atoms. The van der Waals surface area contributed by atoms with Gasteiger partial charge in [-0.15, -0.1) is 0 Å². The Morgan fingerprint density at radius 1 is 0.879 bits per heavy atom. The van der Waals surface area contributed by atoms with Crippen LogP contribution >= 0.6 is 0 Å². The SMILES string of the molecule is COC1(C)CCC2(C)CCC3(C)C4=C(CCC3(C)C2C1)C1(C)CCC(O)C(C)(C)C1CC4=O. The highest BCUT2D eigenvalue weighted by atomic mass is 16.5. The fourth-order valence-corrected chi connectivity index (χ4v) is 10.1. The van der Waals surface area contributed by atoms with Crippen LogP contribution in [0.2, 0.25) is 0 Å². The van der Waals surface area contributed by atoms with Gasteiger partial charge in [-0.1, -0.05) is 47.1 Å². The molecule has 33 heavy (non-hydrogen) atoms. The van der Waals surface area contributed by atoms with Gasteiger partial charge in [0.05, 0.1) is 11.7 Å². The molecule has 0 radical (unpaired) electrons. The fourth-order valence-electron chi connectivity index (χ4n) is 10.1. The van der Waals surface area contributed by atoms with Gasteiger partial charge in [0.1, 0.15) is 0 Å². The van der Waals surface area contributed by atoms with Crippen LogP contribution in [0.1, 0.15) is 113 Å². The quantitative estimate of drug-likeness (QED) is 0.468. The number of Topliss-reactive ketones (excluding diaryl/α,β-unsaturated/α-hetero) is 1. The van der Waals surface area contributed by atoms with Crippen molar-refractivity contribution in [3.8, 4) is 0 Å². The number of allylic oxidation sites excluding steroid dienone is 2. The van der Waals surface area contributed by atoms with Crippen molar-refractivity contribution >= 4 is 5.78 Å². The highest BCUT2D eigenvalue weighted by Gasteiger charge is 2.67. The second-order valence-electron chi connectivity index (χ2n) is 14.6. The van der Waals surface area contributed by atoms with Gasteiger partial charge in [0.15, 0.2) is 5.78 Å². The van der Waals surface area contributed by atoms with Crippen molar-refractivity contribution in [1.82, 2.24) is 0 Å². The molecule has 0 aromatic rings. The van der Waals surface area contributed by atoms with Crippen LogP contribution in [0.15, 0.2) is 11.1 Å². The third kappa shape index (κ3) is 2.90. The maximum Gasteiger partial charge on any atom is 0.159 e. The van der Waals surface area contributed by atoms with Crippen molar-refractivity contribution in [2.45, 2.75) is 124 Å². The molecule has 3 nitrogen and oxygen atoms in total. The summed E-state index contributed by atoms with van der Waals surface area (Å²) in [6.07, 6.45) is 10.3. The number of fused-ring (bicyclic) bond motifs is 6. The summed E-state index contributed by atoms with van der Waals surface area (Å²) in [5, 5.41) is 10.8. The zero-order valence-electron chi connectivity index (χ0n) is 22.6. The lowest BCUT2D eigenvalue weighted by molar-refractivity contribution is -0.180. The molecule has 0 aromatic heterocycles. The first-order valence-corrected chi connectivity index (χ1v) is 13.7. The molecule has 0 aliphatic heterocycles. The summed E-state index contributed by atoms with van der Waals surface area (Å²) in [5.41, 5.74) is 2.93. The lowest BCUT2D eigenvalue weighted by Gasteiger charge is -2.69. The topological polar surface area (TPSA) is 46.5 Å². The maximum atomic E-state index is 14.1. The number of carbonyl (C=O) groups is 1. The summed E-state index contributed by atoms with van der Waals surface area (Å²) in [5.74, 6) is 1.23. The summed E-state index contributed by atoms with van der Waals surface area (Å²) >= 11 is 0. The van der Waals surface area contributed by atoms with Crippen LogP contribution in [0.4, 0.5) is 0 Å². The first kappa shape index (κ1) is 24.0. The van der Waals surface area contributed by atoms with Gasteiger partial charge in [-0.25, -0.2) is 0 Å². The molecule has 3 saturated carbocycles. The van der Waals surface area contributed by atoms with Crippen LogP contribution in [-0.2, 0) is 9.53 Å². The summed E-state index contributed by atoms with van der Waals surface area (Å²) in [6, 6.07) is 0. The molecular weight excluding hydrogens is 408 g/mol. The van der Waals surface area contributed by atoms with E-state index in [9.17, 15) is 9.90 Å². The molecular formula is C30H48O3. The standard InChI is InChI=1S/C30H48O3/c1-25(2)21-17-20(31)24-19(28(21,5)11-10-23(25)32)9-12-29(6)22-18-27(4,33-8)15-13-26(22,3)14-16-30(24,29)7/h21-23,32H,9-18H2,1-8H3. The number of hydrogen-bond donors (Lipinski definition) is 1. The normalized spacial score (nSPS) is 53.6. The minimum absolute atomic E-state index is 0.0444. The number of ketones is 1. The predicted molar refractivity (Wildman–Crippen MR) is 133 cm³/mol. The van der Waals surface area contributed by atoms with Crippen molar-refractivity contribution < 1.29 is 14.6 Å². The first-order valence-electron chi connectivity index (χ1n) is 13.7. The summed E-state index contributed by atoms with van der Waals surface area (Å²) in [7, 11) is 1.89. The number of carbonyl (C=O) groups excluding carboxylic acids is 1. The summed E-state index contributed by atoms with van der Waals surface area (Å²) in [6.45, 7) is 16.7. The van der Waals surface area contributed by atoms with E-state index in [2.05, 4.69) is 48.5 Å². The third-order valence-corrected chi connectivity index (χ3v) is 13.0. The van der Waals surface area contributed by atoms with Crippen molar-refractivity contribution in [2.75, 3.05) is 7.11 Å². The molecule has 0 spiro atoms. The molecule has 8 atom stereocenters. The van der Waals surface area contributed by atoms with Crippen LogP contribution in [0, 0.1) is 38.9 Å². The van der Waals surface area contributed by atoms with Crippen LogP contribution in [0.3, 0.4) is 0 Å². The lowest BCUT2D eigenvalue weighted by atomic mass is 9.35. The third-order valence-electron chi connectivity index (χ3n) is 13.0. The Bertz CT molecular complexity index is 902. The summed E-state index contributed by atoms with van der Waals surface area (Å²) < 4.78 is 6.08. The Labute approximate surface area is 202 Å². The Kier molecular flexibility index (Phi) is 5.07. The highest BCUT2D eigenvalue weighted by molar-refractivity contribution is 5.99. The molecule has 8 unspecified atom stereocenters. The van der Waals surface area contributed by atoms with E-state index < -0.39 is 0 Å². The van der Waals surface area contributed by atoms with Gasteiger partial charge in [0, 0.05) is 24.5 Å². The number of methoxy groups -OCH3 is 1. The minimum atomic E-state index is -0.306. The number of aliphatic hydroxyl groups is 1. The van der Waals surface area contributed by atoms with Crippen LogP contribution in [0.25, 0.3) is 0 Å². The monoisotopic (exact) mass is 456 g/mol. The molecule has 5 aliphatic carbocycles. The molecule has 5 rings (SSSR count). The first-order chi connectivity index (χ1) is 15.2. The molecule has 3 fully saturated rings. The van der Waals surface area contributed by atoms with Crippen LogP contribution in [0.5, 0.6) is 0 Å².